The number of benzene rings is 1. The van der Waals surface area contributed by atoms with Gasteiger partial charge in [-0.25, -0.2) is 4.98 Å². The number of rotatable bonds is 5. The fourth-order valence-electron chi connectivity index (χ4n) is 4.04. The highest BCUT2D eigenvalue weighted by Crippen LogP contribution is 2.39. The van der Waals surface area contributed by atoms with Gasteiger partial charge in [0.2, 0.25) is 0 Å². The molecule has 2 aromatic rings. The lowest BCUT2D eigenvalue weighted by molar-refractivity contribution is 0.0141. The number of hydrogen-bond acceptors (Lipinski definition) is 6. The Kier molecular flexibility index (Phi) is 5.45. The van der Waals surface area contributed by atoms with Crippen LogP contribution in [0.5, 0.6) is 11.5 Å². The lowest BCUT2D eigenvalue weighted by Crippen LogP contribution is -2.48. The van der Waals surface area contributed by atoms with E-state index in [0.29, 0.717) is 0 Å². The average Bonchev–Trinajstić information content (AvgIpc) is 2.74. The monoisotopic (exact) mass is 369 g/mol. The maximum atomic E-state index is 6.13. The Morgan fingerprint density at radius 2 is 1.93 bits per heavy atom. The molecule has 4 rings (SSSR count). The van der Waals surface area contributed by atoms with E-state index in [-0.39, 0.29) is 6.10 Å². The molecule has 0 radical (unpaired) electrons. The van der Waals surface area contributed by atoms with Crippen LogP contribution in [0.15, 0.2) is 36.5 Å². The highest BCUT2D eigenvalue weighted by molar-refractivity contribution is 5.52. The second-order valence-electron chi connectivity index (χ2n) is 6.95. The maximum absolute atomic E-state index is 6.13. The van der Waals surface area contributed by atoms with Gasteiger partial charge in [0.15, 0.2) is 11.5 Å². The number of pyridine rings is 1. The van der Waals surface area contributed by atoms with Crippen LogP contribution in [-0.2, 0) is 11.2 Å². The number of aromatic nitrogens is 1. The first-order valence-electron chi connectivity index (χ1n) is 9.54. The van der Waals surface area contributed by atoms with E-state index in [1.807, 2.05) is 24.4 Å². The highest BCUT2D eigenvalue weighted by atomic mass is 16.5. The molecular formula is C21H27N3O3. The topological polar surface area (TPSA) is 47.1 Å². The van der Waals surface area contributed by atoms with E-state index in [4.69, 9.17) is 14.2 Å². The van der Waals surface area contributed by atoms with Crippen molar-refractivity contribution in [2.75, 3.05) is 58.5 Å². The van der Waals surface area contributed by atoms with E-state index in [1.54, 1.807) is 14.2 Å². The fraction of sp³-hybridized carbons (Fsp3) is 0.476. The summed E-state index contributed by atoms with van der Waals surface area (Å²) in [6.45, 7) is 5.62. The smallest absolute Gasteiger partial charge is 0.164 e. The molecule has 0 bridgehead atoms. The van der Waals surface area contributed by atoms with Crippen LogP contribution in [0.3, 0.4) is 0 Å². The lowest BCUT2D eigenvalue weighted by Gasteiger charge is -2.38. The van der Waals surface area contributed by atoms with Gasteiger partial charge >= 0.3 is 0 Å². The van der Waals surface area contributed by atoms with Crippen molar-refractivity contribution in [2.45, 2.75) is 12.5 Å². The summed E-state index contributed by atoms with van der Waals surface area (Å²) in [6, 6.07) is 10.2. The number of methoxy groups -OCH3 is 2. The first-order valence-corrected chi connectivity index (χ1v) is 9.54. The van der Waals surface area contributed by atoms with Gasteiger partial charge in [-0.1, -0.05) is 12.1 Å². The predicted octanol–water partition coefficient (Wildman–Crippen LogP) is 2.53. The lowest BCUT2D eigenvalue weighted by atomic mass is 9.95. The van der Waals surface area contributed by atoms with Crippen molar-refractivity contribution in [2.24, 2.45) is 0 Å². The molecule has 1 fully saturated rings. The van der Waals surface area contributed by atoms with Crippen LogP contribution in [0.2, 0.25) is 0 Å². The molecule has 1 unspecified atom stereocenters. The third-order valence-electron chi connectivity index (χ3n) is 5.47. The zero-order valence-corrected chi connectivity index (χ0v) is 16.1. The standard InChI is InChI=1S/C21H27N3O3/c1-25-18-7-6-16-17(21(18)26-2)8-14-27-19(16)15-23-10-12-24(13-11-23)20-5-3-4-9-22-20/h3-7,9,19H,8,10-15H2,1-2H3. The largest absolute Gasteiger partial charge is 0.493 e. The Bertz CT molecular complexity index is 761. The van der Waals surface area contributed by atoms with Crippen molar-refractivity contribution in [1.82, 2.24) is 9.88 Å². The van der Waals surface area contributed by atoms with Crippen LogP contribution in [0, 0.1) is 0 Å². The minimum absolute atomic E-state index is 0.0787. The van der Waals surface area contributed by atoms with E-state index in [1.165, 1.54) is 11.1 Å². The van der Waals surface area contributed by atoms with Crippen molar-refractivity contribution in [3.05, 3.63) is 47.7 Å². The second kappa shape index (κ2) is 8.15. The first-order chi connectivity index (χ1) is 13.3. The highest BCUT2D eigenvalue weighted by Gasteiger charge is 2.28. The number of anilines is 1. The summed E-state index contributed by atoms with van der Waals surface area (Å²) < 4.78 is 17.2. The fourth-order valence-corrected chi connectivity index (χ4v) is 4.04. The van der Waals surface area contributed by atoms with Crippen LogP contribution < -0.4 is 14.4 Å². The van der Waals surface area contributed by atoms with E-state index < -0.39 is 0 Å². The number of fused-ring (bicyclic) bond motifs is 1. The molecule has 1 aromatic heterocycles. The molecule has 2 aliphatic heterocycles. The third-order valence-corrected chi connectivity index (χ3v) is 5.47. The average molecular weight is 369 g/mol. The summed E-state index contributed by atoms with van der Waals surface area (Å²) in [5.74, 6) is 2.71. The number of hydrogen-bond donors (Lipinski definition) is 0. The van der Waals surface area contributed by atoms with Gasteiger partial charge in [0.1, 0.15) is 5.82 Å². The van der Waals surface area contributed by atoms with Gasteiger partial charge in [-0.2, -0.15) is 0 Å². The second-order valence-corrected chi connectivity index (χ2v) is 6.95. The van der Waals surface area contributed by atoms with E-state index in [2.05, 4.69) is 26.9 Å². The van der Waals surface area contributed by atoms with Crippen molar-refractivity contribution < 1.29 is 14.2 Å². The van der Waals surface area contributed by atoms with Gasteiger partial charge in [0.05, 0.1) is 26.9 Å². The van der Waals surface area contributed by atoms with Crippen molar-refractivity contribution >= 4 is 5.82 Å². The molecule has 2 aliphatic rings. The van der Waals surface area contributed by atoms with Crippen LogP contribution in [0.4, 0.5) is 5.82 Å². The van der Waals surface area contributed by atoms with E-state index in [9.17, 15) is 0 Å². The SMILES string of the molecule is COc1ccc2c(c1OC)CCOC2CN1CCN(c2ccccn2)CC1. The van der Waals surface area contributed by atoms with E-state index >= 15 is 0 Å². The Morgan fingerprint density at radius 1 is 1.07 bits per heavy atom. The Morgan fingerprint density at radius 3 is 2.63 bits per heavy atom. The minimum atomic E-state index is 0.0787. The van der Waals surface area contributed by atoms with Crippen molar-refractivity contribution in [1.29, 1.82) is 0 Å². The van der Waals surface area contributed by atoms with Gasteiger partial charge < -0.3 is 19.1 Å². The quantitative estimate of drug-likeness (QED) is 0.807. The molecule has 0 saturated carbocycles. The molecule has 1 aromatic carbocycles. The molecule has 0 spiro atoms. The minimum Gasteiger partial charge on any atom is -0.493 e. The summed E-state index contributed by atoms with van der Waals surface area (Å²) in [5.41, 5.74) is 2.45. The number of ether oxygens (including phenoxy) is 3. The number of nitrogens with zero attached hydrogens (tertiary/aromatic N) is 3. The molecule has 144 valence electrons. The van der Waals surface area contributed by atoms with Crippen LogP contribution in [0.25, 0.3) is 0 Å². The van der Waals surface area contributed by atoms with Crippen LogP contribution >= 0.6 is 0 Å². The summed E-state index contributed by atoms with van der Waals surface area (Å²) in [4.78, 5) is 9.29. The van der Waals surface area contributed by atoms with Gasteiger partial charge in [-0.15, -0.1) is 0 Å². The molecule has 3 heterocycles. The summed E-state index contributed by atoms with van der Waals surface area (Å²) in [5, 5.41) is 0. The normalized spacial score (nSPS) is 20.2. The molecular weight excluding hydrogens is 342 g/mol. The molecule has 6 nitrogen and oxygen atoms in total. The van der Waals surface area contributed by atoms with Crippen molar-refractivity contribution in [3.8, 4) is 11.5 Å². The van der Waals surface area contributed by atoms with Gasteiger partial charge in [0, 0.05) is 44.5 Å². The molecule has 6 heteroatoms. The van der Waals surface area contributed by atoms with Crippen LogP contribution in [-0.4, -0.2) is 63.4 Å². The molecule has 0 amide bonds. The van der Waals surface area contributed by atoms with Gasteiger partial charge in [0.25, 0.3) is 0 Å². The molecule has 1 atom stereocenters. The third kappa shape index (κ3) is 3.73. The first kappa shape index (κ1) is 18.1. The zero-order valence-electron chi connectivity index (χ0n) is 16.1. The zero-order chi connectivity index (χ0) is 18.6. The van der Waals surface area contributed by atoms with Crippen LogP contribution in [0.1, 0.15) is 17.2 Å². The summed E-state index contributed by atoms with van der Waals surface area (Å²) in [7, 11) is 3.39. The summed E-state index contributed by atoms with van der Waals surface area (Å²) in [6.07, 6.45) is 2.80. The molecule has 0 aliphatic carbocycles. The molecule has 0 N–H and O–H groups in total. The Hall–Kier alpha value is -2.31. The summed E-state index contributed by atoms with van der Waals surface area (Å²) >= 11 is 0. The number of piperazine rings is 1. The molecule has 1 saturated heterocycles. The van der Waals surface area contributed by atoms with E-state index in [0.717, 1.165) is 63.1 Å². The van der Waals surface area contributed by atoms with Gasteiger partial charge in [-0.3, -0.25) is 4.90 Å². The molecule has 27 heavy (non-hydrogen) atoms. The Balaban J connectivity index is 1.43. The van der Waals surface area contributed by atoms with Gasteiger partial charge in [-0.05, 0) is 30.2 Å². The predicted molar refractivity (Wildman–Crippen MR) is 105 cm³/mol. The van der Waals surface area contributed by atoms with Crippen molar-refractivity contribution in [3.63, 3.8) is 0 Å². The Labute approximate surface area is 160 Å². The maximum Gasteiger partial charge on any atom is 0.164 e.